The number of hydrogen-bond acceptors (Lipinski definition) is 5. The van der Waals surface area contributed by atoms with Crippen molar-refractivity contribution in [3.05, 3.63) is 77.4 Å². The molecule has 166 valence electrons. The molecule has 1 unspecified atom stereocenters. The molecule has 2 heterocycles. The molecule has 0 saturated carbocycles. The second-order valence-electron chi connectivity index (χ2n) is 8.07. The van der Waals surface area contributed by atoms with E-state index in [-0.39, 0.29) is 17.8 Å². The molecule has 0 aliphatic carbocycles. The minimum Gasteiger partial charge on any atom is -0.439 e. The highest BCUT2D eigenvalue weighted by molar-refractivity contribution is 5.94. The number of amides is 1. The summed E-state index contributed by atoms with van der Waals surface area (Å²) in [5.74, 6) is 1.43. The van der Waals surface area contributed by atoms with E-state index in [1.54, 1.807) is 19.1 Å². The van der Waals surface area contributed by atoms with Crippen LogP contribution in [-0.2, 0) is 6.42 Å². The standard InChI is InChI=1S/C25H27FN4O2/c1-4-19-5-7-20(8-6-19)25(31)30-12-11-29(15-18(30)3)23-14-24(28-16-27-23)32-22-10-9-21(26)13-17(22)2/h5-10,13-14,16,18H,4,11-12,15H2,1-3H3. The normalized spacial score (nSPS) is 16.2. The number of nitrogens with zero attached hydrogens (tertiary/aromatic N) is 4. The average Bonchev–Trinajstić information content (AvgIpc) is 2.81. The van der Waals surface area contributed by atoms with Crippen LogP contribution in [0.2, 0.25) is 0 Å². The third kappa shape index (κ3) is 4.72. The predicted molar refractivity (Wildman–Crippen MR) is 122 cm³/mol. The summed E-state index contributed by atoms with van der Waals surface area (Å²) in [4.78, 5) is 25.6. The summed E-state index contributed by atoms with van der Waals surface area (Å²) in [5.41, 5.74) is 2.63. The molecule has 0 bridgehead atoms. The molecular weight excluding hydrogens is 407 g/mol. The van der Waals surface area contributed by atoms with Crippen molar-refractivity contribution in [1.29, 1.82) is 0 Å². The van der Waals surface area contributed by atoms with Gasteiger partial charge in [-0.25, -0.2) is 14.4 Å². The van der Waals surface area contributed by atoms with Crippen molar-refractivity contribution in [3.8, 4) is 11.6 Å². The van der Waals surface area contributed by atoms with Crippen LogP contribution in [0.1, 0.15) is 35.3 Å². The molecule has 1 fully saturated rings. The van der Waals surface area contributed by atoms with Crippen LogP contribution in [0.3, 0.4) is 0 Å². The Morgan fingerprint density at radius 1 is 1.12 bits per heavy atom. The van der Waals surface area contributed by atoms with E-state index in [9.17, 15) is 9.18 Å². The maximum absolute atomic E-state index is 13.3. The summed E-state index contributed by atoms with van der Waals surface area (Å²) >= 11 is 0. The van der Waals surface area contributed by atoms with Gasteiger partial charge < -0.3 is 14.5 Å². The van der Waals surface area contributed by atoms with Crippen molar-refractivity contribution in [1.82, 2.24) is 14.9 Å². The molecule has 0 N–H and O–H groups in total. The lowest BCUT2D eigenvalue weighted by Crippen LogP contribution is -2.54. The Bertz CT molecular complexity index is 1100. The number of carbonyl (C=O) groups excluding carboxylic acids is 1. The van der Waals surface area contributed by atoms with E-state index in [4.69, 9.17) is 4.74 Å². The molecule has 1 aliphatic heterocycles. The number of aromatic nitrogens is 2. The number of aryl methyl sites for hydroxylation is 2. The Morgan fingerprint density at radius 3 is 2.59 bits per heavy atom. The van der Waals surface area contributed by atoms with Gasteiger partial charge in [0.1, 0.15) is 23.7 Å². The molecule has 1 amide bonds. The van der Waals surface area contributed by atoms with Crippen LogP contribution >= 0.6 is 0 Å². The number of piperazine rings is 1. The minimum atomic E-state index is -0.305. The monoisotopic (exact) mass is 434 g/mol. The fraction of sp³-hybridized carbons (Fsp3) is 0.320. The largest absolute Gasteiger partial charge is 0.439 e. The van der Waals surface area contributed by atoms with Gasteiger partial charge >= 0.3 is 0 Å². The molecule has 2 aromatic carbocycles. The topological polar surface area (TPSA) is 58.6 Å². The van der Waals surface area contributed by atoms with Crippen molar-refractivity contribution in [2.75, 3.05) is 24.5 Å². The first-order valence-electron chi connectivity index (χ1n) is 10.9. The molecule has 6 nitrogen and oxygen atoms in total. The molecule has 3 aromatic rings. The zero-order chi connectivity index (χ0) is 22.7. The van der Waals surface area contributed by atoms with Crippen LogP contribution in [0, 0.1) is 12.7 Å². The Labute approximate surface area is 187 Å². The fourth-order valence-electron chi connectivity index (χ4n) is 3.91. The van der Waals surface area contributed by atoms with E-state index in [0.29, 0.717) is 36.8 Å². The van der Waals surface area contributed by atoms with Crippen LogP contribution < -0.4 is 9.64 Å². The van der Waals surface area contributed by atoms with E-state index in [0.717, 1.165) is 17.8 Å². The van der Waals surface area contributed by atoms with Crippen molar-refractivity contribution in [3.63, 3.8) is 0 Å². The molecule has 0 radical (unpaired) electrons. The molecule has 1 atom stereocenters. The quantitative estimate of drug-likeness (QED) is 0.586. The molecule has 32 heavy (non-hydrogen) atoms. The fourth-order valence-corrected chi connectivity index (χ4v) is 3.91. The molecule has 4 rings (SSSR count). The summed E-state index contributed by atoms with van der Waals surface area (Å²) < 4.78 is 19.2. The van der Waals surface area contributed by atoms with Gasteiger partial charge in [0.25, 0.3) is 5.91 Å². The number of halogens is 1. The van der Waals surface area contributed by atoms with Gasteiger partial charge in [-0.2, -0.15) is 0 Å². The summed E-state index contributed by atoms with van der Waals surface area (Å²) in [7, 11) is 0. The highest BCUT2D eigenvalue weighted by Gasteiger charge is 2.29. The van der Waals surface area contributed by atoms with Crippen LogP contribution in [-0.4, -0.2) is 46.5 Å². The number of ether oxygens (including phenoxy) is 1. The SMILES string of the molecule is CCc1ccc(C(=O)N2CCN(c3cc(Oc4ccc(F)cc4C)ncn3)CC2C)cc1. The van der Waals surface area contributed by atoms with E-state index in [1.165, 1.54) is 24.0 Å². The average molecular weight is 435 g/mol. The molecular formula is C25H27FN4O2. The molecule has 1 saturated heterocycles. The van der Waals surface area contributed by atoms with Gasteiger partial charge in [0, 0.05) is 37.3 Å². The third-order valence-electron chi connectivity index (χ3n) is 5.80. The number of anilines is 1. The first kappa shape index (κ1) is 21.7. The van der Waals surface area contributed by atoms with Gasteiger partial charge in [-0.05, 0) is 61.7 Å². The van der Waals surface area contributed by atoms with E-state index >= 15 is 0 Å². The maximum Gasteiger partial charge on any atom is 0.254 e. The maximum atomic E-state index is 13.3. The van der Waals surface area contributed by atoms with Crippen LogP contribution in [0.5, 0.6) is 11.6 Å². The van der Waals surface area contributed by atoms with Gasteiger partial charge in [-0.15, -0.1) is 0 Å². The lowest BCUT2D eigenvalue weighted by atomic mass is 10.1. The van der Waals surface area contributed by atoms with Gasteiger partial charge in [0.05, 0.1) is 0 Å². The van der Waals surface area contributed by atoms with Crippen molar-refractivity contribution in [2.45, 2.75) is 33.2 Å². The zero-order valence-corrected chi connectivity index (χ0v) is 18.6. The molecule has 7 heteroatoms. The van der Waals surface area contributed by atoms with Crippen molar-refractivity contribution >= 4 is 11.7 Å². The van der Waals surface area contributed by atoms with Crippen molar-refractivity contribution in [2.24, 2.45) is 0 Å². The van der Waals surface area contributed by atoms with E-state index in [1.807, 2.05) is 36.1 Å². The van der Waals surface area contributed by atoms with Gasteiger partial charge in [0.15, 0.2) is 0 Å². The van der Waals surface area contributed by atoms with Crippen LogP contribution in [0.25, 0.3) is 0 Å². The second kappa shape index (κ2) is 9.34. The van der Waals surface area contributed by atoms with Crippen LogP contribution in [0.15, 0.2) is 54.9 Å². The summed E-state index contributed by atoms with van der Waals surface area (Å²) in [5, 5.41) is 0. The third-order valence-corrected chi connectivity index (χ3v) is 5.80. The predicted octanol–water partition coefficient (Wildman–Crippen LogP) is 4.63. The highest BCUT2D eigenvalue weighted by atomic mass is 19.1. The molecule has 1 aliphatic rings. The minimum absolute atomic E-state index is 0.0285. The number of hydrogen-bond donors (Lipinski definition) is 0. The second-order valence-corrected chi connectivity index (χ2v) is 8.07. The Kier molecular flexibility index (Phi) is 6.35. The Hall–Kier alpha value is -3.48. The molecule has 0 spiro atoms. The lowest BCUT2D eigenvalue weighted by molar-refractivity contribution is 0.0673. The van der Waals surface area contributed by atoms with Gasteiger partial charge in [-0.1, -0.05) is 19.1 Å². The highest BCUT2D eigenvalue weighted by Crippen LogP contribution is 2.27. The van der Waals surface area contributed by atoms with E-state index < -0.39 is 0 Å². The van der Waals surface area contributed by atoms with Gasteiger partial charge in [-0.3, -0.25) is 4.79 Å². The summed E-state index contributed by atoms with van der Waals surface area (Å²) in [6.45, 7) is 7.86. The number of benzene rings is 2. The van der Waals surface area contributed by atoms with Crippen molar-refractivity contribution < 1.29 is 13.9 Å². The summed E-state index contributed by atoms with van der Waals surface area (Å²) in [6, 6.07) is 14.0. The first-order chi connectivity index (χ1) is 15.4. The number of rotatable bonds is 5. The lowest BCUT2D eigenvalue weighted by Gasteiger charge is -2.40. The summed E-state index contributed by atoms with van der Waals surface area (Å²) in [6.07, 6.45) is 2.41. The smallest absolute Gasteiger partial charge is 0.254 e. The van der Waals surface area contributed by atoms with Crippen LogP contribution in [0.4, 0.5) is 10.2 Å². The molecule has 1 aromatic heterocycles. The van der Waals surface area contributed by atoms with E-state index in [2.05, 4.69) is 21.8 Å². The number of carbonyl (C=O) groups is 1. The first-order valence-corrected chi connectivity index (χ1v) is 10.9. The van der Waals surface area contributed by atoms with Gasteiger partial charge in [0.2, 0.25) is 5.88 Å². The Morgan fingerprint density at radius 2 is 1.91 bits per heavy atom. The Balaban J connectivity index is 1.43. The zero-order valence-electron chi connectivity index (χ0n) is 18.6.